The molecule has 1 heterocycles. The molecule has 0 aliphatic carbocycles. The number of rotatable bonds is 7. The Bertz CT molecular complexity index is 380. The molecule has 0 spiro atoms. The average Bonchev–Trinajstić information content (AvgIpc) is 2.83. The molecule has 1 unspecified atom stereocenters. The van der Waals surface area contributed by atoms with E-state index in [4.69, 9.17) is 4.74 Å². The molecule has 20 heavy (non-hydrogen) atoms. The summed E-state index contributed by atoms with van der Waals surface area (Å²) in [6, 6.07) is 0. The van der Waals surface area contributed by atoms with Gasteiger partial charge >= 0.3 is 5.97 Å². The lowest BCUT2D eigenvalue weighted by Crippen LogP contribution is -2.12. The molecule has 1 aromatic rings. The van der Waals surface area contributed by atoms with Crippen molar-refractivity contribution < 1.29 is 9.53 Å². The molecule has 0 aromatic carbocycles. The number of carbonyl (C=O) groups excluding carboxylic acids is 1. The largest absolute Gasteiger partial charge is 0.462 e. The van der Waals surface area contributed by atoms with Gasteiger partial charge in [0.05, 0.1) is 6.61 Å². The van der Waals surface area contributed by atoms with Gasteiger partial charge in [-0.3, -0.25) is 0 Å². The Hall–Kier alpha value is -0.530. The van der Waals surface area contributed by atoms with Crippen molar-refractivity contribution >= 4 is 42.8 Å². The van der Waals surface area contributed by atoms with Gasteiger partial charge in [-0.15, -0.1) is 30.4 Å². The molecule has 0 saturated carbocycles. The smallest absolute Gasteiger partial charge is 0.330 e. The fourth-order valence-corrected chi connectivity index (χ4v) is 2.04. The number of esters is 1. The molecule has 1 atom stereocenters. The van der Waals surface area contributed by atoms with Crippen molar-refractivity contribution in [3.8, 4) is 0 Å². The molecule has 0 fully saturated rings. The molecule has 0 radical (unpaired) electrons. The first-order valence-electron chi connectivity index (χ1n) is 6.54. The van der Waals surface area contributed by atoms with Gasteiger partial charge in [-0.25, -0.2) is 4.79 Å². The minimum atomic E-state index is -0.310. The van der Waals surface area contributed by atoms with Crippen LogP contribution in [0.25, 0.3) is 0 Å². The number of hydrogen-bond acceptors (Lipinski definition) is 7. The minimum Gasteiger partial charge on any atom is -0.462 e. The van der Waals surface area contributed by atoms with E-state index in [1.165, 1.54) is 30.5 Å². The van der Waals surface area contributed by atoms with Gasteiger partial charge in [0.1, 0.15) is 9.24 Å². The third-order valence-electron chi connectivity index (χ3n) is 2.63. The van der Waals surface area contributed by atoms with E-state index < -0.39 is 0 Å². The van der Waals surface area contributed by atoms with E-state index in [-0.39, 0.29) is 5.97 Å². The number of aromatic nitrogens is 2. The van der Waals surface area contributed by atoms with Gasteiger partial charge in [0.15, 0.2) is 0 Å². The first-order chi connectivity index (χ1) is 9.54. The summed E-state index contributed by atoms with van der Waals surface area (Å²) in [4.78, 5) is 10.8. The van der Waals surface area contributed by atoms with Crippen LogP contribution in [0.1, 0.15) is 39.5 Å². The molecule has 0 bridgehead atoms. The highest BCUT2D eigenvalue weighted by Crippen LogP contribution is 2.17. The maximum Gasteiger partial charge on any atom is 0.330 e. The third kappa shape index (κ3) is 9.39. The quantitative estimate of drug-likeness (QED) is 0.449. The van der Waals surface area contributed by atoms with Gasteiger partial charge < -0.3 is 4.74 Å². The van der Waals surface area contributed by atoms with E-state index in [1.54, 1.807) is 0 Å². The molecule has 1 aromatic heterocycles. The zero-order valence-electron chi connectivity index (χ0n) is 11.9. The average molecular weight is 335 g/mol. The summed E-state index contributed by atoms with van der Waals surface area (Å²) in [6.45, 7) is 8.19. The van der Waals surface area contributed by atoms with E-state index in [9.17, 15) is 4.79 Å². The van der Waals surface area contributed by atoms with Crippen molar-refractivity contribution in [1.29, 1.82) is 0 Å². The molecule has 114 valence electrons. The van der Waals surface area contributed by atoms with E-state index in [0.29, 0.717) is 17.6 Å². The van der Waals surface area contributed by atoms with Crippen molar-refractivity contribution in [3.05, 3.63) is 12.7 Å². The van der Waals surface area contributed by atoms with Gasteiger partial charge in [-0.1, -0.05) is 44.2 Å². The molecule has 4 nitrogen and oxygen atoms in total. The van der Waals surface area contributed by atoms with Crippen LogP contribution in [0.4, 0.5) is 0 Å². The topological polar surface area (TPSA) is 52.1 Å². The standard InChI is InChI=1S/C11H20O2.C2H2N2S3/c1-4-7-8-10(5-2)9-13-11(12)6-3;5-1-2(6)7-4-3-1/h6,10H,3-5,7-9H2,1-2H3;5-6H. The summed E-state index contributed by atoms with van der Waals surface area (Å²) in [7, 11) is 0. The molecular weight excluding hydrogens is 312 g/mol. The van der Waals surface area contributed by atoms with Crippen LogP contribution in [-0.4, -0.2) is 22.2 Å². The van der Waals surface area contributed by atoms with Gasteiger partial charge in [0, 0.05) is 6.08 Å². The van der Waals surface area contributed by atoms with Gasteiger partial charge in [0.2, 0.25) is 0 Å². The monoisotopic (exact) mass is 334 g/mol. The second kappa shape index (κ2) is 12.2. The van der Waals surface area contributed by atoms with E-state index in [1.807, 2.05) is 0 Å². The van der Waals surface area contributed by atoms with Crippen LogP contribution in [0.2, 0.25) is 0 Å². The Balaban J connectivity index is 0.000000428. The van der Waals surface area contributed by atoms with Crippen molar-refractivity contribution in [3.63, 3.8) is 0 Å². The van der Waals surface area contributed by atoms with Crippen LogP contribution >= 0.6 is 36.8 Å². The second-order valence-corrected chi connectivity index (χ2v) is 6.08. The first-order valence-corrected chi connectivity index (χ1v) is 8.21. The van der Waals surface area contributed by atoms with Crippen LogP contribution < -0.4 is 0 Å². The predicted molar refractivity (Wildman–Crippen MR) is 88.9 cm³/mol. The number of hydrogen-bond donors (Lipinski definition) is 2. The van der Waals surface area contributed by atoms with Crippen molar-refractivity contribution in [2.45, 2.75) is 48.8 Å². The highest BCUT2D eigenvalue weighted by molar-refractivity contribution is 7.85. The van der Waals surface area contributed by atoms with Gasteiger partial charge in [-0.05, 0) is 23.9 Å². The van der Waals surface area contributed by atoms with E-state index in [2.05, 4.69) is 55.3 Å². The summed E-state index contributed by atoms with van der Waals surface area (Å²) < 4.78 is 9.31. The molecular formula is C13H22N2O2S3. The highest BCUT2D eigenvalue weighted by Gasteiger charge is 2.07. The summed E-state index contributed by atoms with van der Waals surface area (Å²) in [5.41, 5.74) is 0. The zero-order chi connectivity index (χ0) is 15.4. The van der Waals surface area contributed by atoms with Gasteiger partial charge in [-0.2, -0.15) is 0 Å². The third-order valence-corrected chi connectivity index (χ3v) is 4.25. The minimum absolute atomic E-state index is 0.310. The van der Waals surface area contributed by atoms with Crippen LogP contribution in [0, 0.1) is 5.92 Å². The van der Waals surface area contributed by atoms with E-state index >= 15 is 0 Å². The lowest BCUT2D eigenvalue weighted by molar-refractivity contribution is -0.139. The van der Waals surface area contributed by atoms with E-state index in [0.717, 1.165) is 17.1 Å². The molecule has 0 N–H and O–H groups in total. The SMILES string of the molecule is C=CC(=O)OCC(CC)CCCC.Sc1nnsc1S. The van der Waals surface area contributed by atoms with Crippen LogP contribution in [0.15, 0.2) is 21.9 Å². The molecule has 0 saturated heterocycles. The number of carbonyl (C=O) groups is 1. The summed E-state index contributed by atoms with van der Waals surface area (Å²) in [5.74, 6) is 0.207. The number of nitrogens with zero attached hydrogens (tertiary/aromatic N) is 2. The zero-order valence-corrected chi connectivity index (χ0v) is 14.5. The summed E-state index contributed by atoms with van der Waals surface area (Å²) in [5, 5.41) is 4.18. The normalized spacial score (nSPS) is 11.2. The first kappa shape index (κ1) is 19.5. The maximum atomic E-state index is 10.8. The van der Waals surface area contributed by atoms with Crippen molar-refractivity contribution in [2.75, 3.05) is 6.61 Å². The molecule has 7 heteroatoms. The maximum absolute atomic E-state index is 10.8. The van der Waals surface area contributed by atoms with Gasteiger partial charge in [0.25, 0.3) is 0 Å². The van der Waals surface area contributed by atoms with Crippen LogP contribution in [0.5, 0.6) is 0 Å². The van der Waals surface area contributed by atoms with Crippen molar-refractivity contribution in [1.82, 2.24) is 9.59 Å². The summed E-state index contributed by atoms with van der Waals surface area (Å²) >= 11 is 9.11. The summed E-state index contributed by atoms with van der Waals surface area (Å²) in [6.07, 6.45) is 5.85. The molecule has 1 rings (SSSR count). The fourth-order valence-electron chi connectivity index (χ4n) is 1.34. The van der Waals surface area contributed by atoms with Crippen LogP contribution in [-0.2, 0) is 9.53 Å². The lowest BCUT2D eigenvalue weighted by Gasteiger charge is -2.13. The number of ether oxygens (including phenoxy) is 1. The highest BCUT2D eigenvalue weighted by atomic mass is 32.2. The predicted octanol–water partition coefficient (Wildman–Crippen LogP) is 4.05. The fraction of sp³-hybridized carbons (Fsp3) is 0.615. The Kier molecular flexibility index (Phi) is 11.9. The Morgan fingerprint density at radius 2 is 2.20 bits per heavy atom. The van der Waals surface area contributed by atoms with Crippen LogP contribution in [0.3, 0.4) is 0 Å². The number of thiol groups is 2. The van der Waals surface area contributed by atoms with Crippen molar-refractivity contribution in [2.24, 2.45) is 5.92 Å². The molecule has 0 amide bonds. The Morgan fingerprint density at radius 3 is 2.55 bits per heavy atom. The Morgan fingerprint density at radius 1 is 1.50 bits per heavy atom. The lowest BCUT2D eigenvalue weighted by atomic mass is 10.0. The Labute approximate surface area is 136 Å². The number of unbranched alkanes of at least 4 members (excludes halogenated alkanes) is 1. The molecule has 0 aliphatic rings. The molecule has 0 aliphatic heterocycles. The second-order valence-electron chi connectivity index (χ2n) is 4.15.